The Labute approximate surface area is 93.8 Å². The van der Waals surface area contributed by atoms with Crippen LogP contribution in [0.2, 0.25) is 0 Å². The lowest BCUT2D eigenvalue weighted by Gasteiger charge is -2.05. The molecule has 0 radical (unpaired) electrons. The molecule has 0 bridgehead atoms. The molecule has 0 aromatic carbocycles. The molecule has 2 aromatic rings. The second-order valence-corrected chi connectivity index (χ2v) is 3.48. The van der Waals surface area contributed by atoms with Gasteiger partial charge in [-0.1, -0.05) is 0 Å². The zero-order valence-electron chi connectivity index (χ0n) is 9.04. The van der Waals surface area contributed by atoms with Crippen LogP contribution in [0, 0.1) is 0 Å². The van der Waals surface area contributed by atoms with Gasteiger partial charge in [-0.3, -0.25) is 13.9 Å². The van der Waals surface area contributed by atoms with Crippen molar-refractivity contribution in [2.45, 2.75) is 0 Å². The van der Waals surface area contributed by atoms with Gasteiger partial charge in [0.1, 0.15) is 0 Å². The SMILES string of the molecule is Cn1c(=O)c2cc(C(=O)O)nnc2n(C)c1=O. The Bertz CT molecular complexity index is 743. The van der Waals surface area contributed by atoms with Gasteiger partial charge in [0, 0.05) is 14.1 Å². The van der Waals surface area contributed by atoms with Crippen molar-refractivity contribution < 1.29 is 9.90 Å². The number of hydrogen-bond donors (Lipinski definition) is 1. The van der Waals surface area contributed by atoms with Crippen molar-refractivity contribution in [3.8, 4) is 0 Å². The molecule has 0 atom stereocenters. The lowest BCUT2D eigenvalue weighted by Crippen LogP contribution is -2.37. The molecule has 0 unspecified atom stereocenters. The fraction of sp³-hybridized carbons (Fsp3) is 0.222. The Morgan fingerprint density at radius 3 is 2.47 bits per heavy atom. The van der Waals surface area contributed by atoms with Gasteiger partial charge in [0.15, 0.2) is 11.3 Å². The molecule has 17 heavy (non-hydrogen) atoms. The quantitative estimate of drug-likeness (QED) is 0.661. The summed E-state index contributed by atoms with van der Waals surface area (Å²) in [5.74, 6) is -1.28. The van der Waals surface area contributed by atoms with Gasteiger partial charge in [-0.05, 0) is 6.07 Å². The highest BCUT2D eigenvalue weighted by Gasteiger charge is 2.13. The predicted molar refractivity (Wildman–Crippen MR) is 57.0 cm³/mol. The van der Waals surface area contributed by atoms with E-state index in [2.05, 4.69) is 10.2 Å². The van der Waals surface area contributed by atoms with E-state index in [0.29, 0.717) is 0 Å². The average molecular weight is 236 g/mol. The lowest BCUT2D eigenvalue weighted by atomic mass is 10.3. The number of hydrogen-bond acceptors (Lipinski definition) is 5. The lowest BCUT2D eigenvalue weighted by molar-refractivity contribution is 0.0689. The molecule has 1 N–H and O–H groups in total. The third kappa shape index (κ3) is 1.50. The van der Waals surface area contributed by atoms with Crippen molar-refractivity contribution >= 4 is 17.0 Å². The summed E-state index contributed by atoms with van der Waals surface area (Å²) in [6.45, 7) is 0. The molecule has 2 aromatic heterocycles. The maximum atomic E-state index is 11.8. The van der Waals surface area contributed by atoms with Gasteiger partial charge in [0.25, 0.3) is 5.56 Å². The van der Waals surface area contributed by atoms with E-state index in [1.165, 1.54) is 14.1 Å². The molecule has 0 spiro atoms. The fourth-order valence-corrected chi connectivity index (χ4v) is 1.48. The molecule has 0 aliphatic rings. The van der Waals surface area contributed by atoms with E-state index in [-0.39, 0.29) is 16.7 Å². The summed E-state index contributed by atoms with van der Waals surface area (Å²) >= 11 is 0. The van der Waals surface area contributed by atoms with Crippen LogP contribution in [0.3, 0.4) is 0 Å². The monoisotopic (exact) mass is 236 g/mol. The van der Waals surface area contributed by atoms with Crippen molar-refractivity contribution in [1.29, 1.82) is 0 Å². The third-order valence-electron chi connectivity index (χ3n) is 2.42. The summed E-state index contributed by atoms with van der Waals surface area (Å²) in [6, 6.07) is 1.10. The Kier molecular flexibility index (Phi) is 2.27. The normalized spacial score (nSPS) is 10.7. The van der Waals surface area contributed by atoms with Crippen LogP contribution in [0.5, 0.6) is 0 Å². The van der Waals surface area contributed by atoms with E-state index in [1.54, 1.807) is 0 Å². The van der Waals surface area contributed by atoms with Crippen molar-refractivity contribution in [2.75, 3.05) is 0 Å². The molecule has 0 amide bonds. The largest absolute Gasteiger partial charge is 0.476 e. The van der Waals surface area contributed by atoms with Crippen molar-refractivity contribution in [1.82, 2.24) is 19.3 Å². The van der Waals surface area contributed by atoms with E-state index in [4.69, 9.17) is 5.11 Å². The van der Waals surface area contributed by atoms with Gasteiger partial charge < -0.3 is 5.11 Å². The first-order valence-corrected chi connectivity index (χ1v) is 4.60. The summed E-state index contributed by atoms with van der Waals surface area (Å²) < 4.78 is 2.02. The van der Waals surface area contributed by atoms with Gasteiger partial charge in [0.2, 0.25) is 0 Å². The van der Waals surface area contributed by atoms with Crippen molar-refractivity contribution in [2.24, 2.45) is 14.1 Å². The van der Waals surface area contributed by atoms with Crippen LogP contribution in [0.4, 0.5) is 0 Å². The number of carbonyl (C=O) groups is 1. The number of aryl methyl sites for hydroxylation is 1. The highest BCUT2D eigenvalue weighted by molar-refractivity contribution is 5.89. The second-order valence-electron chi connectivity index (χ2n) is 3.48. The zero-order chi connectivity index (χ0) is 12.7. The first-order valence-electron chi connectivity index (χ1n) is 4.60. The molecule has 0 aliphatic heterocycles. The molecule has 0 saturated heterocycles. The standard InChI is InChI=1S/C9H8N4O4/c1-12-6-4(7(14)13(2)9(12)17)3-5(8(15)16)10-11-6/h3H,1-2H3,(H,15,16). The number of rotatable bonds is 1. The Hall–Kier alpha value is -2.51. The van der Waals surface area contributed by atoms with Gasteiger partial charge >= 0.3 is 11.7 Å². The summed E-state index contributed by atoms with van der Waals surface area (Å²) in [5, 5.41) is 15.8. The van der Waals surface area contributed by atoms with Crippen LogP contribution >= 0.6 is 0 Å². The van der Waals surface area contributed by atoms with Crippen molar-refractivity contribution in [3.63, 3.8) is 0 Å². The molecule has 8 nitrogen and oxygen atoms in total. The van der Waals surface area contributed by atoms with Crippen LogP contribution < -0.4 is 11.2 Å². The highest BCUT2D eigenvalue weighted by atomic mass is 16.4. The van der Waals surface area contributed by atoms with Crippen LogP contribution in [0.25, 0.3) is 11.0 Å². The number of nitrogens with zero attached hydrogens (tertiary/aromatic N) is 4. The first kappa shape index (κ1) is 11.0. The number of aromatic nitrogens is 4. The smallest absolute Gasteiger partial charge is 0.356 e. The maximum absolute atomic E-state index is 11.8. The molecular formula is C9H8N4O4. The number of fused-ring (bicyclic) bond motifs is 1. The number of aromatic carboxylic acids is 1. The second kappa shape index (κ2) is 3.51. The molecule has 0 aliphatic carbocycles. The molecule has 0 saturated carbocycles. The van der Waals surface area contributed by atoms with Gasteiger partial charge in [-0.15, -0.1) is 10.2 Å². The average Bonchev–Trinajstić information content (AvgIpc) is 2.32. The zero-order valence-corrected chi connectivity index (χ0v) is 9.04. The minimum absolute atomic E-state index is 0.0435. The summed E-state index contributed by atoms with van der Waals surface area (Å²) in [7, 11) is 2.74. The Morgan fingerprint density at radius 2 is 1.88 bits per heavy atom. The maximum Gasteiger partial charge on any atom is 0.356 e. The minimum atomic E-state index is -1.28. The van der Waals surface area contributed by atoms with E-state index < -0.39 is 17.2 Å². The highest BCUT2D eigenvalue weighted by Crippen LogP contribution is 2.04. The molecule has 2 rings (SSSR count). The number of carboxylic acids is 1. The third-order valence-corrected chi connectivity index (χ3v) is 2.42. The van der Waals surface area contributed by atoms with E-state index >= 15 is 0 Å². The summed E-state index contributed by atoms with van der Waals surface area (Å²) in [4.78, 5) is 34.0. The summed E-state index contributed by atoms with van der Waals surface area (Å²) in [5.41, 5.74) is -1.42. The van der Waals surface area contributed by atoms with Gasteiger partial charge in [-0.2, -0.15) is 0 Å². The topological polar surface area (TPSA) is 107 Å². The van der Waals surface area contributed by atoms with E-state index in [1.807, 2.05) is 0 Å². The van der Waals surface area contributed by atoms with Crippen LogP contribution in [0.1, 0.15) is 10.5 Å². The fourth-order valence-electron chi connectivity index (χ4n) is 1.48. The minimum Gasteiger partial charge on any atom is -0.476 e. The molecule has 88 valence electrons. The van der Waals surface area contributed by atoms with E-state index in [0.717, 1.165) is 15.2 Å². The van der Waals surface area contributed by atoms with Crippen LogP contribution in [0.15, 0.2) is 15.7 Å². The number of carboxylic acid groups (broad SMARTS) is 1. The molecule has 2 heterocycles. The van der Waals surface area contributed by atoms with Gasteiger partial charge in [-0.25, -0.2) is 9.59 Å². The first-order chi connectivity index (χ1) is 7.93. The molecule has 0 fully saturated rings. The molecular weight excluding hydrogens is 228 g/mol. The van der Waals surface area contributed by atoms with E-state index in [9.17, 15) is 14.4 Å². The van der Waals surface area contributed by atoms with Crippen LogP contribution in [-0.4, -0.2) is 30.4 Å². The Balaban J connectivity index is 3.02. The van der Waals surface area contributed by atoms with Gasteiger partial charge in [0.05, 0.1) is 5.39 Å². The summed E-state index contributed by atoms with van der Waals surface area (Å²) in [6.07, 6.45) is 0. The molecule has 8 heteroatoms. The Morgan fingerprint density at radius 1 is 1.24 bits per heavy atom. The predicted octanol–water partition coefficient (Wildman–Crippen LogP) is -1.27. The van der Waals surface area contributed by atoms with Crippen LogP contribution in [-0.2, 0) is 14.1 Å². The van der Waals surface area contributed by atoms with Crippen molar-refractivity contribution in [3.05, 3.63) is 32.6 Å².